The van der Waals surface area contributed by atoms with E-state index in [-0.39, 0.29) is 12.5 Å². The molecule has 2 unspecified atom stereocenters. The summed E-state index contributed by atoms with van der Waals surface area (Å²) in [5, 5.41) is 23.2. The summed E-state index contributed by atoms with van der Waals surface area (Å²) in [4.78, 5) is 12.5. The van der Waals surface area contributed by atoms with Gasteiger partial charge in [0, 0.05) is 6.42 Å². The summed E-state index contributed by atoms with van der Waals surface area (Å²) in [6.45, 7) is 4.34. The van der Waals surface area contributed by atoms with Crippen LogP contribution in [0.25, 0.3) is 0 Å². The standard InChI is InChI=1S/C60H117NO3/c1-3-5-7-9-11-13-15-17-19-21-23-25-27-29-30-32-34-36-38-40-42-44-46-48-50-52-54-56-60(64)61-58(57-62)59(63)55-53-51-49-47-45-43-41-39-37-35-33-31-28-26-24-22-20-18-16-14-12-10-8-6-4-2/h45,47,53,55,58-59,62-63H,3-44,46,48-52,54,56-57H2,1-2H3,(H,61,64)/b47-45+,55-53+. The van der Waals surface area contributed by atoms with Crippen molar-refractivity contribution >= 4 is 5.91 Å². The lowest BCUT2D eigenvalue weighted by Gasteiger charge is -2.19. The highest BCUT2D eigenvalue weighted by Gasteiger charge is 2.18. The number of aliphatic hydroxyl groups is 2. The molecule has 2 atom stereocenters. The molecule has 0 aromatic carbocycles. The zero-order valence-electron chi connectivity index (χ0n) is 43.8. The van der Waals surface area contributed by atoms with E-state index in [0.717, 1.165) is 32.1 Å². The number of unbranched alkanes of at least 4 members (excludes halogenated alkanes) is 46. The van der Waals surface area contributed by atoms with Gasteiger partial charge in [0.15, 0.2) is 0 Å². The van der Waals surface area contributed by atoms with Crippen molar-refractivity contribution in [1.82, 2.24) is 5.32 Å². The van der Waals surface area contributed by atoms with Crippen molar-refractivity contribution in [3.05, 3.63) is 24.3 Å². The molecular weight excluding hydrogens is 783 g/mol. The van der Waals surface area contributed by atoms with Gasteiger partial charge in [0.1, 0.15) is 0 Å². The van der Waals surface area contributed by atoms with Crippen molar-refractivity contribution in [1.29, 1.82) is 0 Å². The third kappa shape index (κ3) is 51.8. The van der Waals surface area contributed by atoms with Gasteiger partial charge in [-0.3, -0.25) is 4.79 Å². The maximum Gasteiger partial charge on any atom is 0.220 e. The number of aliphatic hydroxyl groups excluding tert-OH is 2. The highest BCUT2D eigenvalue weighted by molar-refractivity contribution is 5.76. The summed E-state index contributed by atoms with van der Waals surface area (Å²) in [6.07, 6.45) is 75.0. The van der Waals surface area contributed by atoms with Gasteiger partial charge in [0.25, 0.3) is 0 Å². The molecule has 0 bridgehead atoms. The Bertz CT molecular complexity index is 932. The lowest BCUT2D eigenvalue weighted by Crippen LogP contribution is -2.45. The summed E-state index contributed by atoms with van der Waals surface area (Å²) in [5.74, 6) is -0.0659. The Morgan fingerprint density at radius 2 is 0.609 bits per heavy atom. The fraction of sp³-hybridized carbons (Fsp3) is 0.917. The molecule has 0 aromatic heterocycles. The molecule has 1 amide bonds. The molecule has 0 radical (unpaired) electrons. The molecule has 4 heteroatoms. The highest BCUT2D eigenvalue weighted by atomic mass is 16.3. The Morgan fingerprint density at radius 1 is 0.359 bits per heavy atom. The van der Waals surface area contributed by atoms with Crippen LogP contribution in [0.4, 0.5) is 0 Å². The van der Waals surface area contributed by atoms with Gasteiger partial charge in [-0.2, -0.15) is 0 Å². The third-order valence-corrected chi connectivity index (χ3v) is 13.9. The predicted molar refractivity (Wildman–Crippen MR) is 286 cm³/mol. The van der Waals surface area contributed by atoms with E-state index in [0.29, 0.717) is 6.42 Å². The van der Waals surface area contributed by atoms with Crippen LogP contribution in [0.1, 0.15) is 335 Å². The highest BCUT2D eigenvalue weighted by Crippen LogP contribution is 2.18. The first-order chi connectivity index (χ1) is 31.7. The van der Waals surface area contributed by atoms with E-state index in [1.807, 2.05) is 6.08 Å². The van der Waals surface area contributed by atoms with Gasteiger partial charge in [-0.25, -0.2) is 0 Å². The van der Waals surface area contributed by atoms with E-state index in [1.165, 1.54) is 283 Å². The summed E-state index contributed by atoms with van der Waals surface area (Å²) in [7, 11) is 0. The number of hydrogen-bond acceptors (Lipinski definition) is 3. The van der Waals surface area contributed by atoms with Crippen molar-refractivity contribution in [2.24, 2.45) is 0 Å². The zero-order valence-corrected chi connectivity index (χ0v) is 43.8. The molecule has 3 N–H and O–H groups in total. The predicted octanol–water partition coefficient (Wildman–Crippen LogP) is 19.5. The molecule has 380 valence electrons. The first-order valence-electron chi connectivity index (χ1n) is 29.6. The van der Waals surface area contributed by atoms with Crippen LogP contribution in [-0.4, -0.2) is 34.9 Å². The second kappa shape index (κ2) is 56.2. The molecule has 0 fully saturated rings. The minimum Gasteiger partial charge on any atom is -0.394 e. The molecule has 0 saturated heterocycles. The molecule has 0 aliphatic carbocycles. The zero-order chi connectivity index (χ0) is 46.3. The van der Waals surface area contributed by atoms with E-state index >= 15 is 0 Å². The summed E-state index contributed by atoms with van der Waals surface area (Å²) >= 11 is 0. The van der Waals surface area contributed by atoms with Crippen LogP contribution in [0.2, 0.25) is 0 Å². The minimum atomic E-state index is -0.860. The summed E-state index contributed by atoms with van der Waals surface area (Å²) in [6, 6.07) is -0.636. The van der Waals surface area contributed by atoms with Gasteiger partial charge >= 0.3 is 0 Å². The van der Waals surface area contributed by atoms with E-state index in [1.54, 1.807) is 6.08 Å². The fourth-order valence-corrected chi connectivity index (χ4v) is 9.43. The van der Waals surface area contributed by atoms with E-state index in [4.69, 9.17) is 0 Å². The number of nitrogens with one attached hydrogen (secondary N) is 1. The summed E-state index contributed by atoms with van der Waals surface area (Å²) < 4.78 is 0. The van der Waals surface area contributed by atoms with Crippen molar-refractivity contribution < 1.29 is 15.0 Å². The summed E-state index contributed by atoms with van der Waals surface area (Å²) in [5.41, 5.74) is 0. The SMILES string of the molecule is CCCCCCCCCCCCCCCCCCCCC/C=C/CC/C=C/C(O)C(CO)NC(=O)CCCCCCCCCCCCCCCCCCCCCCCCCCCCC. The topological polar surface area (TPSA) is 69.6 Å². The van der Waals surface area contributed by atoms with Crippen molar-refractivity contribution in [3.63, 3.8) is 0 Å². The van der Waals surface area contributed by atoms with Crippen LogP contribution >= 0.6 is 0 Å². The van der Waals surface area contributed by atoms with Crippen LogP contribution < -0.4 is 5.32 Å². The number of amides is 1. The fourth-order valence-electron chi connectivity index (χ4n) is 9.43. The van der Waals surface area contributed by atoms with E-state index in [2.05, 4.69) is 31.3 Å². The monoisotopic (exact) mass is 900 g/mol. The van der Waals surface area contributed by atoms with Crippen molar-refractivity contribution in [2.45, 2.75) is 347 Å². The number of carbonyl (C=O) groups excluding carboxylic acids is 1. The molecule has 0 spiro atoms. The first-order valence-corrected chi connectivity index (χ1v) is 29.6. The van der Waals surface area contributed by atoms with Gasteiger partial charge in [0.2, 0.25) is 5.91 Å². The van der Waals surface area contributed by atoms with Gasteiger partial charge in [0.05, 0.1) is 18.8 Å². The lowest BCUT2D eigenvalue weighted by atomic mass is 10.0. The second-order valence-electron chi connectivity index (χ2n) is 20.4. The Balaban J connectivity index is 3.47. The van der Waals surface area contributed by atoms with Crippen LogP contribution in [0, 0.1) is 0 Å². The smallest absolute Gasteiger partial charge is 0.220 e. The molecule has 0 aliphatic heterocycles. The lowest BCUT2D eigenvalue weighted by molar-refractivity contribution is -0.123. The van der Waals surface area contributed by atoms with Crippen LogP contribution in [0.15, 0.2) is 24.3 Å². The van der Waals surface area contributed by atoms with Crippen LogP contribution in [-0.2, 0) is 4.79 Å². The van der Waals surface area contributed by atoms with Gasteiger partial charge in [-0.05, 0) is 32.1 Å². The van der Waals surface area contributed by atoms with E-state index in [9.17, 15) is 15.0 Å². The molecule has 0 saturated carbocycles. The molecule has 0 rings (SSSR count). The molecule has 0 heterocycles. The molecule has 0 aromatic rings. The average molecular weight is 901 g/mol. The second-order valence-corrected chi connectivity index (χ2v) is 20.4. The van der Waals surface area contributed by atoms with Gasteiger partial charge in [-0.15, -0.1) is 0 Å². The van der Waals surface area contributed by atoms with Crippen LogP contribution in [0.5, 0.6) is 0 Å². The normalized spacial score (nSPS) is 12.9. The van der Waals surface area contributed by atoms with Crippen molar-refractivity contribution in [2.75, 3.05) is 6.61 Å². The maximum absolute atomic E-state index is 12.5. The minimum absolute atomic E-state index is 0.0659. The molecule has 4 nitrogen and oxygen atoms in total. The largest absolute Gasteiger partial charge is 0.394 e. The number of carbonyl (C=O) groups is 1. The van der Waals surface area contributed by atoms with Gasteiger partial charge in [-0.1, -0.05) is 321 Å². The van der Waals surface area contributed by atoms with Gasteiger partial charge < -0.3 is 15.5 Å². The number of hydrogen-bond donors (Lipinski definition) is 3. The first kappa shape index (κ1) is 62.9. The Labute approximate surface area is 402 Å². The number of rotatable bonds is 55. The Kier molecular flexibility index (Phi) is 55.2. The molecule has 0 aliphatic rings. The Morgan fingerprint density at radius 3 is 0.906 bits per heavy atom. The Hall–Kier alpha value is -1.13. The molecule has 64 heavy (non-hydrogen) atoms. The maximum atomic E-state index is 12.5. The third-order valence-electron chi connectivity index (χ3n) is 13.9. The molecular formula is C60H117NO3. The van der Waals surface area contributed by atoms with E-state index < -0.39 is 12.1 Å². The van der Waals surface area contributed by atoms with Crippen molar-refractivity contribution in [3.8, 4) is 0 Å². The number of allylic oxidation sites excluding steroid dienone is 3. The average Bonchev–Trinajstić information content (AvgIpc) is 3.30. The quantitative estimate of drug-likeness (QED) is 0.0421. The van der Waals surface area contributed by atoms with Crippen LogP contribution in [0.3, 0.4) is 0 Å².